The molecule has 17 heavy (non-hydrogen) atoms. The topological polar surface area (TPSA) is 24.9 Å². The lowest BCUT2D eigenvalue weighted by molar-refractivity contribution is 0.287. The maximum atomic E-state index is 4.43. The summed E-state index contributed by atoms with van der Waals surface area (Å²) in [4.78, 5) is 4.43. The minimum Gasteiger partial charge on any atom is -0.312 e. The van der Waals surface area contributed by atoms with Crippen LogP contribution in [0.1, 0.15) is 40.3 Å². The molecule has 0 aliphatic carbocycles. The molecular formula is C14H23BrN2. The van der Waals surface area contributed by atoms with Crippen LogP contribution in [0.25, 0.3) is 0 Å². The van der Waals surface area contributed by atoms with Gasteiger partial charge in [-0.3, -0.25) is 4.98 Å². The van der Waals surface area contributed by atoms with Gasteiger partial charge >= 0.3 is 0 Å². The van der Waals surface area contributed by atoms with Gasteiger partial charge in [0.05, 0.1) is 0 Å². The minimum absolute atomic E-state index is 0.171. The number of pyridine rings is 1. The molecule has 0 bridgehead atoms. The Morgan fingerprint density at radius 3 is 2.29 bits per heavy atom. The molecule has 0 saturated carbocycles. The minimum atomic E-state index is 0.171. The summed E-state index contributed by atoms with van der Waals surface area (Å²) in [5, 5.41) is 3.56. The van der Waals surface area contributed by atoms with E-state index in [0.717, 1.165) is 23.1 Å². The molecule has 1 heterocycles. The van der Waals surface area contributed by atoms with Crippen LogP contribution in [0, 0.1) is 5.41 Å². The maximum Gasteiger partial charge on any atom is 0.0413 e. The number of nitrogens with zero attached hydrogens (tertiary/aromatic N) is 1. The number of rotatable bonds is 4. The van der Waals surface area contributed by atoms with Crippen LogP contribution >= 0.6 is 15.9 Å². The Morgan fingerprint density at radius 1 is 1.18 bits per heavy atom. The monoisotopic (exact) mass is 298 g/mol. The molecule has 0 saturated heterocycles. The highest BCUT2D eigenvalue weighted by Crippen LogP contribution is 2.21. The van der Waals surface area contributed by atoms with Crippen LogP contribution in [0.5, 0.6) is 0 Å². The zero-order valence-electron chi connectivity index (χ0n) is 11.5. The van der Waals surface area contributed by atoms with Crippen LogP contribution in [-0.4, -0.2) is 17.1 Å². The normalized spacial score (nSPS) is 12.8. The first kappa shape index (κ1) is 14.7. The molecule has 1 aromatic heterocycles. The molecule has 0 spiro atoms. The maximum absolute atomic E-state index is 4.43. The van der Waals surface area contributed by atoms with Gasteiger partial charge in [0.2, 0.25) is 0 Å². The number of aromatic nitrogens is 1. The van der Waals surface area contributed by atoms with Crippen molar-refractivity contribution >= 4 is 15.9 Å². The van der Waals surface area contributed by atoms with Gasteiger partial charge < -0.3 is 5.32 Å². The molecule has 1 rings (SSSR count). The van der Waals surface area contributed by atoms with E-state index in [-0.39, 0.29) is 11.0 Å². The fourth-order valence-electron chi connectivity index (χ4n) is 1.57. The summed E-state index contributed by atoms with van der Waals surface area (Å²) in [5.74, 6) is 0. The van der Waals surface area contributed by atoms with Crippen molar-refractivity contribution in [3.05, 3.63) is 28.5 Å². The van der Waals surface area contributed by atoms with E-state index in [1.807, 2.05) is 6.20 Å². The van der Waals surface area contributed by atoms with Crippen LogP contribution < -0.4 is 5.32 Å². The highest BCUT2D eigenvalue weighted by molar-refractivity contribution is 9.10. The van der Waals surface area contributed by atoms with Crippen molar-refractivity contribution < 1.29 is 0 Å². The fraction of sp³-hybridized carbons (Fsp3) is 0.643. The molecule has 1 aromatic rings. The molecule has 0 radical (unpaired) electrons. The third-order valence-corrected chi connectivity index (χ3v) is 3.01. The lowest BCUT2D eigenvalue weighted by atomic mass is 9.86. The zero-order chi connectivity index (χ0) is 13.1. The molecule has 0 unspecified atom stereocenters. The average molecular weight is 299 g/mol. The largest absolute Gasteiger partial charge is 0.312 e. The predicted octanol–water partition coefficient (Wildman–Crippen LogP) is 3.80. The number of hydrogen-bond donors (Lipinski definition) is 1. The van der Waals surface area contributed by atoms with Crippen molar-refractivity contribution in [2.75, 3.05) is 6.54 Å². The quantitative estimate of drug-likeness (QED) is 0.914. The van der Waals surface area contributed by atoms with Crippen molar-refractivity contribution in [1.82, 2.24) is 10.3 Å². The summed E-state index contributed by atoms with van der Waals surface area (Å²) < 4.78 is 1.03. The van der Waals surface area contributed by atoms with Gasteiger partial charge in [-0.25, -0.2) is 0 Å². The molecule has 0 aliphatic rings. The summed E-state index contributed by atoms with van der Waals surface area (Å²) in [5.41, 5.74) is 1.53. The summed E-state index contributed by atoms with van der Waals surface area (Å²) in [6.07, 6.45) is 2.85. The smallest absolute Gasteiger partial charge is 0.0413 e. The van der Waals surface area contributed by atoms with Gasteiger partial charge in [0.25, 0.3) is 0 Å². The van der Waals surface area contributed by atoms with E-state index in [9.17, 15) is 0 Å². The third kappa shape index (κ3) is 6.18. The lowest BCUT2D eigenvalue weighted by Gasteiger charge is -2.30. The van der Waals surface area contributed by atoms with Gasteiger partial charge in [-0.05, 0) is 60.7 Å². The first-order valence-corrected chi connectivity index (χ1v) is 6.83. The fourth-order valence-corrected chi connectivity index (χ4v) is 1.80. The average Bonchev–Trinajstić information content (AvgIpc) is 2.18. The van der Waals surface area contributed by atoms with Crippen LogP contribution in [0.4, 0.5) is 0 Å². The lowest BCUT2D eigenvalue weighted by Crippen LogP contribution is -2.42. The van der Waals surface area contributed by atoms with Gasteiger partial charge in [-0.2, -0.15) is 0 Å². The predicted molar refractivity (Wildman–Crippen MR) is 77.2 cm³/mol. The second-order valence-electron chi connectivity index (χ2n) is 6.41. The third-order valence-electron chi connectivity index (χ3n) is 2.55. The van der Waals surface area contributed by atoms with Crippen LogP contribution in [0.2, 0.25) is 0 Å². The Bertz CT molecular complexity index is 349. The van der Waals surface area contributed by atoms with E-state index in [0.29, 0.717) is 0 Å². The standard InChI is InChI=1S/C14H23BrN2/c1-13(2,3)17-10-14(4,5)8-12-7-6-11(15)9-16-12/h6-7,9,17H,8,10H2,1-5H3. The second kappa shape index (κ2) is 5.49. The number of halogens is 1. The van der Waals surface area contributed by atoms with Crippen LogP contribution in [0.15, 0.2) is 22.8 Å². The van der Waals surface area contributed by atoms with Crippen molar-refractivity contribution in [2.24, 2.45) is 5.41 Å². The first-order valence-electron chi connectivity index (χ1n) is 6.03. The van der Waals surface area contributed by atoms with E-state index in [4.69, 9.17) is 0 Å². The van der Waals surface area contributed by atoms with Crippen molar-refractivity contribution in [3.8, 4) is 0 Å². The van der Waals surface area contributed by atoms with E-state index in [1.165, 1.54) is 0 Å². The Balaban J connectivity index is 2.57. The molecule has 0 fully saturated rings. The highest BCUT2D eigenvalue weighted by atomic mass is 79.9. The van der Waals surface area contributed by atoms with Gasteiger partial charge in [0.15, 0.2) is 0 Å². The zero-order valence-corrected chi connectivity index (χ0v) is 13.1. The molecule has 0 atom stereocenters. The number of nitrogens with one attached hydrogen (secondary N) is 1. The molecule has 96 valence electrons. The summed E-state index contributed by atoms with van der Waals surface area (Å²) in [7, 11) is 0. The summed E-state index contributed by atoms with van der Waals surface area (Å²) in [6, 6.07) is 4.14. The Morgan fingerprint density at radius 2 is 1.82 bits per heavy atom. The Kier molecular flexibility index (Phi) is 4.73. The van der Waals surface area contributed by atoms with E-state index in [1.54, 1.807) is 0 Å². The van der Waals surface area contributed by atoms with E-state index >= 15 is 0 Å². The van der Waals surface area contributed by atoms with Gasteiger partial charge in [0.1, 0.15) is 0 Å². The molecule has 2 nitrogen and oxygen atoms in total. The molecule has 1 N–H and O–H groups in total. The Hall–Kier alpha value is -0.410. The molecule has 3 heteroatoms. The van der Waals surface area contributed by atoms with Gasteiger partial charge in [0, 0.05) is 28.4 Å². The molecule has 0 aliphatic heterocycles. The highest BCUT2D eigenvalue weighted by Gasteiger charge is 2.21. The number of hydrogen-bond acceptors (Lipinski definition) is 2. The molecular weight excluding hydrogens is 276 g/mol. The second-order valence-corrected chi connectivity index (χ2v) is 7.33. The van der Waals surface area contributed by atoms with Gasteiger partial charge in [-0.1, -0.05) is 13.8 Å². The Labute approximate surface area is 113 Å². The van der Waals surface area contributed by atoms with Gasteiger partial charge in [-0.15, -0.1) is 0 Å². The van der Waals surface area contributed by atoms with Crippen molar-refractivity contribution in [1.29, 1.82) is 0 Å². The molecule has 0 aromatic carbocycles. The van der Waals surface area contributed by atoms with E-state index < -0.39 is 0 Å². The summed E-state index contributed by atoms with van der Waals surface area (Å²) in [6.45, 7) is 12.1. The molecule has 0 amide bonds. The van der Waals surface area contributed by atoms with Crippen molar-refractivity contribution in [2.45, 2.75) is 46.6 Å². The van der Waals surface area contributed by atoms with E-state index in [2.05, 4.69) is 73.0 Å². The van der Waals surface area contributed by atoms with Crippen LogP contribution in [0.3, 0.4) is 0 Å². The SMILES string of the molecule is CC(C)(CNC(C)(C)C)Cc1ccc(Br)cn1. The first-order chi connectivity index (χ1) is 7.68. The van der Waals surface area contributed by atoms with Crippen LogP contribution in [-0.2, 0) is 6.42 Å². The van der Waals surface area contributed by atoms with Crippen molar-refractivity contribution in [3.63, 3.8) is 0 Å². The summed E-state index contributed by atoms with van der Waals surface area (Å²) >= 11 is 3.41.